The fourth-order valence-corrected chi connectivity index (χ4v) is 1.31. The first-order valence-corrected chi connectivity index (χ1v) is 5.51. The molecule has 0 heterocycles. The van der Waals surface area contributed by atoms with Crippen molar-refractivity contribution < 1.29 is 15.3 Å². The first-order valence-electron chi connectivity index (χ1n) is 4.76. The Balaban J connectivity index is 2.61. The molecular formula is C10H12Cl2N2O3. The lowest BCUT2D eigenvalue weighted by atomic mass is 10.2. The van der Waals surface area contributed by atoms with Crippen molar-refractivity contribution in [1.29, 1.82) is 0 Å². The molecule has 1 aromatic carbocycles. The van der Waals surface area contributed by atoms with Crippen LogP contribution in [0.5, 0.6) is 0 Å². The summed E-state index contributed by atoms with van der Waals surface area (Å²) in [6, 6.07) is 4.79. The van der Waals surface area contributed by atoms with Gasteiger partial charge in [0.1, 0.15) is 12.2 Å². The first-order chi connectivity index (χ1) is 8.04. The van der Waals surface area contributed by atoms with Crippen LogP contribution in [0.15, 0.2) is 23.3 Å². The predicted octanol–water partition coefficient (Wildman–Crippen LogP) is 1.11. The highest BCUT2D eigenvalue weighted by Gasteiger charge is 2.11. The van der Waals surface area contributed by atoms with Crippen LogP contribution in [0, 0.1) is 0 Å². The number of hydrogen-bond acceptors (Lipinski definition) is 5. The molecule has 0 aromatic heterocycles. The summed E-state index contributed by atoms with van der Waals surface area (Å²) in [6.07, 6.45) is -1.47. The smallest absolute Gasteiger partial charge is 0.119 e. The van der Waals surface area contributed by atoms with Gasteiger partial charge in [0, 0.05) is 5.02 Å². The lowest BCUT2D eigenvalue weighted by Gasteiger charge is -2.10. The van der Waals surface area contributed by atoms with Gasteiger partial charge < -0.3 is 15.3 Å². The fourth-order valence-electron chi connectivity index (χ4n) is 0.974. The van der Waals surface area contributed by atoms with Crippen LogP contribution in [-0.4, -0.2) is 40.3 Å². The molecule has 0 aliphatic carbocycles. The zero-order valence-electron chi connectivity index (χ0n) is 8.72. The molecule has 7 heteroatoms. The van der Waals surface area contributed by atoms with Crippen LogP contribution >= 0.6 is 23.2 Å². The molecule has 94 valence electrons. The van der Waals surface area contributed by atoms with E-state index in [1.165, 1.54) is 0 Å². The van der Waals surface area contributed by atoms with Gasteiger partial charge in [-0.3, -0.25) is 5.43 Å². The maximum atomic E-state index is 9.26. The number of nitrogens with one attached hydrogen (secondary N) is 1. The van der Waals surface area contributed by atoms with E-state index < -0.39 is 18.8 Å². The average Bonchev–Trinajstić information content (AvgIpc) is 2.32. The van der Waals surface area contributed by atoms with Crippen molar-refractivity contribution in [3.63, 3.8) is 0 Å². The van der Waals surface area contributed by atoms with Gasteiger partial charge in [0.05, 0.1) is 23.5 Å². The van der Waals surface area contributed by atoms with E-state index >= 15 is 0 Å². The largest absolute Gasteiger partial charge is 0.394 e. The molecule has 0 spiro atoms. The van der Waals surface area contributed by atoms with Crippen molar-refractivity contribution in [2.45, 2.75) is 12.2 Å². The van der Waals surface area contributed by atoms with E-state index in [1.54, 1.807) is 18.2 Å². The molecule has 0 aliphatic heterocycles. The number of benzene rings is 1. The highest BCUT2D eigenvalue weighted by molar-refractivity contribution is 6.35. The first kappa shape index (κ1) is 14.2. The Morgan fingerprint density at radius 1 is 1.35 bits per heavy atom. The molecule has 0 bridgehead atoms. The monoisotopic (exact) mass is 278 g/mol. The SMILES string of the molecule is OC[C@@H](O)[C@@H](O)/C=N\Nc1cc(Cl)ccc1Cl. The van der Waals surface area contributed by atoms with Gasteiger partial charge in [-0.15, -0.1) is 0 Å². The Kier molecular flexibility index (Phi) is 5.67. The van der Waals surface area contributed by atoms with Crippen molar-refractivity contribution in [3.05, 3.63) is 28.2 Å². The third-order valence-corrected chi connectivity index (χ3v) is 2.49. The second-order valence-electron chi connectivity index (χ2n) is 3.25. The molecule has 1 rings (SSSR count). The minimum Gasteiger partial charge on any atom is -0.394 e. The standard InChI is InChI=1S/C10H12Cl2N2O3/c11-6-1-2-7(12)8(3-6)14-13-4-9(16)10(17)5-15/h1-4,9-10,14-17H,5H2/b13-4-/t9-,10+/m0/s1. The zero-order chi connectivity index (χ0) is 12.8. The van der Waals surface area contributed by atoms with E-state index in [4.69, 9.17) is 33.4 Å². The van der Waals surface area contributed by atoms with Crippen LogP contribution in [0.1, 0.15) is 0 Å². The van der Waals surface area contributed by atoms with Gasteiger partial charge in [-0.25, -0.2) is 0 Å². The van der Waals surface area contributed by atoms with E-state index in [2.05, 4.69) is 10.5 Å². The number of anilines is 1. The van der Waals surface area contributed by atoms with Crippen LogP contribution in [0.2, 0.25) is 10.0 Å². The van der Waals surface area contributed by atoms with Crippen LogP contribution in [0.3, 0.4) is 0 Å². The molecule has 0 fully saturated rings. The number of halogens is 2. The summed E-state index contributed by atoms with van der Waals surface area (Å²) < 4.78 is 0. The summed E-state index contributed by atoms with van der Waals surface area (Å²) in [7, 11) is 0. The lowest BCUT2D eigenvalue weighted by molar-refractivity contribution is 0.0204. The van der Waals surface area contributed by atoms with Crippen LogP contribution in [-0.2, 0) is 0 Å². The summed E-state index contributed by atoms with van der Waals surface area (Å²) in [6.45, 7) is -0.550. The normalized spacial score (nSPS) is 14.9. The molecule has 0 unspecified atom stereocenters. The molecule has 0 aliphatic rings. The topological polar surface area (TPSA) is 85.1 Å². The Labute approximate surface area is 108 Å². The molecule has 4 N–H and O–H groups in total. The Morgan fingerprint density at radius 2 is 2.06 bits per heavy atom. The molecule has 1 aromatic rings. The van der Waals surface area contributed by atoms with E-state index in [0.717, 1.165) is 6.21 Å². The zero-order valence-corrected chi connectivity index (χ0v) is 10.2. The van der Waals surface area contributed by atoms with Crippen molar-refractivity contribution in [2.75, 3.05) is 12.0 Å². The van der Waals surface area contributed by atoms with Gasteiger partial charge in [-0.2, -0.15) is 5.10 Å². The van der Waals surface area contributed by atoms with Gasteiger partial charge in [-0.1, -0.05) is 23.2 Å². The summed E-state index contributed by atoms with van der Waals surface area (Å²) in [5.41, 5.74) is 3.04. The van der Waals surface area contributed by atoms with Gasteiger partial charge in [0.2, 0.25) is 0 Å². The number of hydrazone groups is 1. The summed E-state index contributed by atoms with van der Waals surface area (Å²) in [5, 5.41) is 31.5. The highest BCUT2D eigenvalue weighted by atomic mass is 35.5. The van der Waals surface area contributed by atoms with E-state index in [1.807, 2.05) is 0 Å². The Morgan fingerprint density at radius 3 is 2.71 bits per heavy atom. The molecule has 2 atom stereocenters. The van der Waals surface area contributed by atoms with Crippen molar-refractivity contribution in [3.8, 4) is 0 Å². The second kappa shape index (κ2) is 6.78. The highest BCUT2D eigenvalue weighted by Crippen LogP contribution is 2.25. The third kappa shape index (κ3) is 4.49. The van der Waals surface area contributed by atoms with E-state index in [0.29, 0.717) is 15.7 Å². The van der Waals surface area contributed by atoms with Crippen LogP contribution in [0.25, 0.3) is 0 Å². The fraction of sp³-hybridized carbons (Fsp3) is 0.300. The maximum absolute atomic E-state index is 9.26. The Bertz CT molecular complexity index is 401. The number of rotatable bonds is 5. The third-order valence-electron chi connectivity index (χ3n) is 1.92. The van der Waals surface area contributed by atoms with Crippen molar-refractivity contribution in [1.82, 2.24) is 0 Å². The molecule has 5 nitrogen and oxygen atoms in total. The van der Waals surface area contributed by atoms with Gasteiger partial charge >= 0.3 is 0 Å². The number of hydrogen-bond donors (Lipinski definition) is 4. The van der Waals surface area contributed by atoms with Gasteiger partial charge in [0.15, 0.2) is 0 Å². The van der Waals surface area contributed by atoms with E-state index in [9.17, 15) is 5.11 Å². The second-order valence-corrected chi connectivity index (χ2v) is 4.10. The molecular weight excluding hydrogens is 267 g/mol. The summed E-state index contributed by atoms with van der Waals surface area (Å²) >= 11 is 11.6. The predicted molar refractivity (Wildman–Crippen MR) is 67.7 cm³/mol. The van der Waals surface area contributed by atoms with Crippen molar-refractivity contribution in [2.24, 2.45) is 5.10 Å². The molecule has 17 heavy (non-hydrogen) atoms. The Hall–Kier alpha value is -0.850. The molecule has 0 saturated carbocycles. The molecule has 0 radical (unpaired) electrons. The van der Waals surface area contributed by atoms with E-state index in [-0.39, 0.29) is 0 Å². The van der Waals surface area contributed by atoms with Crippen molar-refractivity contribution >= 4 is 35.1 Å². The van der Waals surface area contributed by atoms with Gasteiger partial charge in [-0.05, 0) is 18.2 Å². The number of aliphatic hydroxyl groups is 3. The number of nitrogens with zero attached hydrogens (tertiary/aromatic N) is 1. The average molecular weight is 279 g/mol. The molecule has 0 saturated heterocycles. The quantitative estimate of drug-likeness (QED) is 0.480. The number of aliphatic hydroxyl groups excluding tert-OH is 3. The maximum Gasteiger partial charge on any atom is 0.119 e. The minimum atomic E-state index is -1.27. The minimum absolute atomic E-state index is 0.420. The molecule has 0 amide bonds. The summed E-state index contributed by atoms with van der Waals surface area (Å²) in [4.78, 5) is 0. The van der Waals surface area contributed by atoms with Gasteiger partial charge in [0.25, 0.3) is 0 Å². The van der Waals surface area contributed by atoms with Crippen LogP contribution in [0.4, 0.5) is 5.69 Å². The summed E-state index contributed by atoms with van der Waals surface area (Å²) in [5.74, 6) is 0. The van der Waals surface area contributed by atoms with Crippen LogP contribution < -0.4 is 5.43 Å². The lowest BCUT2D eigenvalue weighted by Crippen LogP contribution is -2.30.